The first-order valence-corrected chi connectivity index (χ1v) is 4.00. The van der Waals surface area contributed by atoms with Crippen molar-refractivity contribution in [3.63, 3.8) is 0 Å². The van der Waals surface area contributed by atoms with Gasteiger partial charge in [-0.25, -0.2) is 0 Å². The Balaban J connectivity index is 2.59. The van der Waals surface area contributed by atoms with E-state index in [-0.39, 0.29) is 0 Å². The van der Waals surface area contributed by atoms with Crippen LogP contribution in [0.5, 0.6) is 0 Å². The first-order valence-electron chi connectivity index (χ1n) is 3.02. The second-order valence-corrected chi connectivity index (χ2v) is 2.81. The normalized spacial score (nSPS) is 10.2. The third-order valence-corrected chi connectivity index (χ3v) is 1.59. The number of thioether (sulfide) groups is 1. The Hall–Kier alpha value is -0.550. The highest BCUT2D eigenvalue weighted by atomic mass is 32.2. The van der Waals surface area contributed by atoms with Gasteiger partial charge in [-0.1, -0.05) is 18.7 Å². The van der Waals surface area contributed by atoms with Gasteiger partial charge in [0.05, 0.1) is 6.54 Å². The van der Waals surface area contributed by atoms with E-state index in [9.17, 15) is 0 Å². The Morgan fingerprint density at radius 2 is 2.40 bits per heavy atom. The molecule has 1 rings (SSSR count). The molecule has 0 aliphatic carbocycles. The Kier molecular flexibility index (Phi) is 2.70. The lowest BCUT2D eigenvalue weighted by Crippen LogP contribution is -1.95. The molecule has 56 valence electrons. The topological polar surface area (TPSA) is 64.9 Å². The number of nitrogens with two attached hydrogens (primary N) is 1. The maximum absolute atomic E-state index is 5.25. The van der Waals surface area contributed by atoms with E-state index in [1.165, 1.54) is 11.8 Å². The third-order valence-electron chi connectivity index (χ3n) is 0.891. The second-order valence-electron chi connectivity index (χ2n) is 1.60. The highest BCUT2D eigenvalue weighted by Crippen LogP contribution is 2.14. The van der Waals surface area contributed by atoms with Crippen LogP contribution in [0, 0.1) is 0 Å². The van der Waals surface area contributed by atoms with Crippen molar-refractivity contribution < 1.29 is 4.42 Å². The third kappa shape index (κ3) is 1.71. The molecule has 1 heterocycles. The molecule has 0 aliphatic rings. The summed E-state index contributed by atoms with van der Waals surface area (Å²) < 4.78 is 5.09. The zero-order chi connectivity index (χ0) is 7.40. The molecule has 0 spiro atoms. The van der Waals surface area contributed by atoms with Crippen molar-refractivity contribution in [2.24, 2.45) is 5.73 Å². The van der Waals surface area contributed by atoms with Gasteiger partial charge in [0.25, 0.3) is 5.22 Å². The van der Waals surface area contributed by atoms with E-state index in [0.29, 0.717) is 17.7 Å². The fraction of sp³-hybridized carbons (Fsp3) is 0.600. The van der Waals surface area contributed by atoms with Crippen LogP contribution in [0.2, 0.25) is 0 Å². The van der Waals surface area contributed by atoms with Crippen LogP contribution >= 0.6 is 11.8 Å². The molecule has 2 N–H and O–H groups in total. The summed E-state index contributed by atoms with van der Waals surface area (Å²) in [4.78, 5) is 0. The number of rotatable bonds is 3. The monoisotopic (exact) mass is 159 g/mol. The van der Waals surface area contributed by atoms with Crippen LogP contribution < -0.4 is 5.73 Å². The summed E-state index contributed by atoms with van der Waals surface area (Å²) in [5.74, 6) is 1.43. The summed E-state index contributed by atoms with van der Waals surface area (Å²) in [7, 11) is 0. The molecule has 0 aliphatic heterocycles. The lowest BCUT2D eigenvalue weighted by Gasteiger charge is -1.84. The molecule has 4 nitrogen and oxygen atoms in total. The molecule has 0 fully saturated rings. The highest BCUT2D eigenvalue weighted by Gasteiger charge is 2.01. The zero-order valence-electron chi connectivity index (χ0n) is 5.70. The first kappa shape index (κ1) is 7.56. The summed E-state index contributed by atoms with van der Waals surface area (Å²) in [6.07, 6.45) is 0. The number of hydrogen-bond donors (Lipinski definition) is 1. The van der Waals surface area contributed by atoms with Crippen LogP contribution in [0.15, 0.2) is 9.64 Å². The smallest absolute Gasteiger partial charge is 0.276 e. The molecule has 0 unspecified atom stereocenters. The summed E-state index contributed by atoms with van der Waals surface area (Å²) in [6.45, 7) is 2.34. The lowest BCUT2D eigenvalue weighted by molar-refractivity contribution is 0.415. The molecule has 0 radical (unpaired) electrons. The van der Waals surface area contributed by atoms with Gasteiger partial charge in [-0.3, -0.25) is 0 Å². The molecule has 0 amide bonds. The van der Waals surface area contributed by atoms with Gasteiger partial charge < -0.3 is 10.2 Å². The maximum atomic E-state index is 5.25. The minimum Gasteiger partial charge on any atom is -0.415 e. The highest BCUT2D eigenvalue weighted by molar-refractivity contribution is 7.99. The van der Waals surface area contributed by atoms with Gasteiger partial charge in [-0.2, -0.15) is 0 Å². The summed E-state index contributed by atoms with van der Waals surface area (Å²) in [5.41, 5.74) is 5.25. The van der Waals surface area contributed by atoms with E-state index in [1.807, 2.05) is 6.92 Å². The van der Waals surface area contributed by atoms with Gasteiger partial charge in [-0.05, 0) is 5.75 Å². The minimum atomic E-state index is 0.317. The van der Waals surface area contributed by atoms with Crippen LogP contribution in [0.4, 0.5) is 0 Å². The van der Waals surface area contributed by atoms with Crippen molar-refractivity contribution in [1.29, 1.82) is 0 Å². The van der Waals surface area contributed by atoms with E-state index >= 15 is 0 Å². The largest absolute Gasteiger partial charge is 0.415 e. The Morgan fingerprint density at radius 3 is 2.90 bits per heavy atom. The van der Waals surface area contributed by atoms with E-state index < -0.39 is 0 Å². The van der Waals surface area contributed by atoms with Gasteiger partial charge in [-0.15, -0.1) is 10.2 Å². The average Bonchev–Trinajstić information content (AvgIpc) is 2.37. The van der Waals surface area contributed by atoms with Crippen LogP contribution in [0.25, 0.3) is 0 Å². The molecule has 0 aromatic carbocycles. The van der Waals surface area contributed by atoms with Gasteiger partial charge in [0.15, 0.2) is 0 Å². The summed E-state index contributed by atoms with van der Waals surface area (Å²) in [6, 6.07) is 0. The summed E-state index contributed by atoms with van der Waals surface area (Å²) in [5, 5.41) is 8.03. The van der Waals surface area contributed by atoms with E-state index in [2.05, 4.69) is 10.2 Å². The van der Waals surface area contributed by atoms with Crippen molar-refractivity contribution >= 4 is 11.8 Å². The predicted octanol–water partition coefficient (Wildman–Crippen LogP) is 0.640. The molecule has 1 aromatic heterocycles. The molecule has 0 saturated heterocycles. The van der Waals surface area contributed by atoms with Crippen molar-refractivity contribution in [2.45, 2.75) is 18.7 Å². The Morgan fingerprint density at radius 1 is 1.60 bits per heavy atom. The van der Waals surface area contributed by atoms with E-state index in [4.69, 9.17) is 10.2 Å². The van der Waals surface area contributed by atoms with Gasteiger partial charge in [0.1, 0.15) is 0 Å². The SMILES string of the molecule is CCSc1nnc(CN)o1. The fourth-order valence-corrected chi connectivity index (χ4v) is 1.00. The molecule has 5 heteroatoms. The predicted molar refractivity (Wildman–Crippen MR) is 38.6 cm³/mol. The molecular formula is C5H9N3OS. The molecule has 10 heavy (non-hydrogen) atoms. The number of nitrogens with zero attached hydrogens (tertiary/aromatic N) is 2. The molecule has 0 bridgehead atoms. The zero-order valence-corrected chi connectivity index (χ0v) is 6.52. The maximum Gasteiger partial charge on any atom is 0.276 e. The molecule has 1 aromatic rings. The number of hydrogen-bond acceptors (Lipinski definition) is 5. The molecule has 0 atom stereocenters. The Bertz CT molecular complexity index is 201. The summed E-state index contributed by atoms with van der Waals surface area (Å²) >= 11 is 1.52. The van der Waals surface area contributed by atoms with Crippen molar-refractivity contribution in [3.05, 3.63) is 5.89 Å². The molecule has 0 saturated carbocycles. The van der Waals surface area contributed by atoms with E-state index in [0.717, 1.165) is 5.75 Å². The van der Waals surface area contributed by atoms with Gasteiger partial charge in [0.2, 0.25) is 5.89 Å². The molecular weight excluding hydrogens is 150 g/mol. The van der Waals surface area contributed by atoms with Crippen molar-refractivity contribution in [1.82, 2.24) is 10.2 Å². The van der Waals surface area contributed by atoms with Gasteiger partial charge in [0, 0.05) is 0 Å². The quantitative estimate of drug-likeness (QED) is 0.655. The lowest BCUT2D eigenvalue weighted by atomic mass is 10.7. The number of aromatic nitrogens is 2. The fourth-order valence-electron chi connectivity index (χ4n) is 0.502. The van der Waals surface area contributed by atoms with E-state index in [1.54, 1.807) is 0 Å². The van der Waals surface area contributed by atoms with Crippen LogP contribution in [-0.4, -0.2) is 16.0 Å². The van der Waals surface area contributed by atoms with Gasteiger partial charge >= 0.3 is 0 Å². The Labute approximate surface area is 63.2 Å². The van der Waals surface area contributed by atoms with Crippen LogP contribution in [0.1, 0.15) is 12.8 Å². The standard InChI is InChI=1S/C5H9N3OS/c1-2-10-5-8-7-4(3-6)9-5/h2-3,6H2,1H3. The average molecular weight is 159 g/mol. The van der Waals surface area contributed by atoms with Crippen LogP contribution in [-0.2, 0) is 6.54 Å². The van der Waals surface area contributed by atoms with Crippen LogP contribution in [0.3, 0.4) is 0 Å². The van der Waals surface area contributed by atoms with Crippen molar-refractivity contribution in [2.75, 3.05) is 5.75 Å². The van der Waals surface area contributed by atoms with Crippen molar-refractivity contribution in [3.8, 4) is 0 Å². The minimum absolute atomic E-state index is 0.317. The second kappa shape index (κ2) is 3.58. The first-order chi connectivity index (χ1) is 4.86.